The molecule has 1 aliphatic heterocycles. The molecule has 1 aromatic carbocycles. The standard InChI is InChI=1S/C17H18F3N3O/c1-22(15(17(18,19)20)12-7-3-2-4-8-12)16(24)14-11-13-9-5-6-10-23(13)21-14/h2-4,7-8,11,15H,5-6,9-10H2,1H3/t15-/m1/s1. The predicted octanol–water partition coefficient (Wildman–Crippen LogP) is 3.60. The van der Waals surface area contributed by atoms with E-state index in [1.165, 1.54) is 31.3 Å². The van der Waals surface area contributed by atoms with Crippen LogP contribution in [-0.4, -0.2) is 33.8 Å². The Morgan fingerprint density at radius 2 is 1.96 bits per heavy atom. The van der Waals surface area contributed by atoms with E-state index in [0.717, 1.165) is 29.9 Å². The number of aryl methyl sites for hydroxylation is 2. The van der Waals surface area contributed by atoms with Crippen LogP contribution in [0.3, 0.4) is 0 Å². The van der Waals surface area contributed by atoms with E-state index in [0.29, 0.717) is 6.54 Å². The number of halogens is 3. The van der Waals surface area contributed by atoms with Gasteiger partial charge in [-0.1, -0.05) is 30.3 Å². The van der Waals surface area contributed by atoms with E-state index in [1.807, 2.05) is 0 Å². The van der Waals surface area contributed by atoms with E-state index < -0.39 is 18.1 Å². The lowest BCUT2D eigenvalue weighted by atomic mass is 10.0. The average Bonchev–Trinajstić information content (AvgIpc) is 2.98. The second kappa shape index (κ2) is 6.30. The Bertz CT molecular complexity index is 701. The van der Waals surface area contributed by atoms with E-state index in [-0.39, 0.29) is 11.3 Å². The highest BCUT2D eigenvalue weighted by Gasteiger charge is 2.45. The van der Waals surface area contributed by atoms with E-state index >= 15 is 0 Å². The Kier molecular flexibility index (Phi) is 4.34. The van der Waals surface area contributed by atoms with Crippen molar-refractivity contribution >= 4 is 5.91 Å². The smallest absolute Gasteiger partial charge is 0.324 e. The number of hydrogen-bond acceptors (Lipinski definition) is 2. The molecule has 2 heterocycles. The van der Waals surface area contributed by atoms with Gasteiger partial charge in [-0.3, -0.25) is 9.48 Å². The van der Waals surface area contributed by atoms with Crippen molar-refractivity contribution in [1.29, 1.82) is 0 Å². The number of rotatable bonds is 3. The largest absolute Gasteiger partial charge is 0.413 e. The Morgan fingerprint density at radius 3 is 2.58 bits per heavy atom. The molecule has 1 aromatic heterocycles. The summed E-state index contributed by atoms with van der Waals surface area (Å²) < 4.78 is 42.3. The lowest BCUT2D eigenvalue weighted by Gasteiger charge is -2.29. The quantitative estimate of drug-likeness (QED) is 0.858. The maximum Gasteiger partial charge on any atom is 0.413 e. The fourth-order valence-electron chi connectivity index (χ4n) is 3.09. The van der Waals surface area contributed by atoms with Gasteiger partial charge in [-0.05, 0) is 30.9 Å². The molecule has 0 saturated carbocycles. The summed E-state index contributed by atoms with van der Waals surface area (Å²) in [6.07, 6.45) is -1.80. The minimum Gasteiger partial charge on any atom is -0.324 e. The predicted molar refractivity (Wildman–Crippen MR) is 82.5 cm³/mol. The topological polar surface area (TPSA) is 38.1 Å². The second-order valence-corrected chi connectivity index (χ2v) is 5.97. The Hall–Kier alpha value is -2.31. The van der Waals surface area contributed by atoms with Crippen molar-refractivity contribution in [3.05, 3.63) is 53.3 Å². The fraction of sp³-hybridized carbons (Fsp3) is 0.412. The number of nitrogens with zero attached hydrogens (tertiary/aromatic N) is 3. The number of benzene rings is 1. The van der Waals surface area contributed by atoms with Gasteiger partial charge in [0.2, 0.25) is 0 Å². The van der Waals surface area contributed by atoms with Crippen LogP contribution in [0.1, 0.15) is 40.6 Å². The van der Waals surface area contributed by atoms with Crippen molar-refractivity contribution in [1.82, 2.24) is 14.7 Å². The van der Waals surface area contributed by atoms with Crippen molar-refractivity contribution in [2.24, 2.45) is 0 Å². The first kappa shape index (κ1) is 16.5. The number of hydrogen-bond donors (Lipinski definition) is 0. The Balaban J connectivity index is 1.91. The van der Waals surface area contributed by atoms with Gasteiger partial charge in [0.25, 0.3) is 5.91 Å². The van der Waals surface area contributed by atoms with E-state index in [4.69, 9.17) is 0 Å². The molecule has 1 amide bonds. The summed E-state index contributed by atoms with van der Waals surface area (Å²) in [6.45, 7) is 0.702. The van der Waals surface area contributed by atoms with Crippen molar-refractivity contribution in [3.8, 4) is 0 Å². The van der Waals surface area contributed by atoms with Crippen LogP contribution in [0.5, 0.6) is 0 Å². The molecule has 7 heteroatoms. The van der Waals surface area contributed by atoms with Gasteiger partial charge in [-0.2, -0.15) is 18.3 Å². The zero-order valence-electron chi connectivity index (χ0n) is 13.3. The molecule has 0 spiro atoms. The van der Waals surface area contributed by atoms with Crippen molar-refractivity contribution < 1.29 is 18.0 Å². The molecule has 0 fully saturated rings. The number of alkyl halides is 3. The first-order valence-corrected chi connectivity index (χ1v) is 7.83. The number of carbonyl (C=O) groups is 1. The van der Waals surface area contributed by atoms with Gasteiger partial charge in [0.05, 0.1) is 0 Å². The normalized spacial score (nSPS) is 15.7. The summed E-state index contributed by atoms with van der Waals surface area (Å²) in [5.74, 6) is -0.719. The van der Waals surface area contributed by atoms with Gasteiger partial charge in [-0.15, -0.1) is 0 Å². The molecule has 128 valence electrons. The van der Waals surface area contributed by atoms with Crippen LogP contribution in [0.25, 0.3) is 0 Å². The summed E-state index contributed by atoms with van der Waals surface area (Å²) in [4.78, 5) is 13.3. The summed E-state index contributed by atoms with van der Waals surface area (Å²) in [5, 5.41) is 4.19. The third-order valence-corrected chi connectivity index (χ3v) is 4.27. The zero-order valence-corrected chi connectivity index (χ0v) is 13.3. The van der Waals surface area contributed by atoms with Crippen molar-refractivity contribution in [3.63, 3.8) is 0 Å². The number of fused-ring (bicyclic) bond motifs is 1. The average molecular weight is 337 g/mol. The summed E-state index contributed by atoms with van der Waals surface area (Å²) in [7, 11) is 1.17. The monoisotopic (exact) mass is 337 g/mol. The van der Waals surface area contributed by atoms with E-state index in [9.17, 15) is 18.0 Å². The molecule has 1 atom stereocenters. The first-order chi connectivity index (χ1) is 11.4. The minimum atomic E-state index is -4.56. The summed E-state index contributed by atoms with van der Waals surface area (Å²) >= 11 is 0. The van der Waals surface area contributed by atoms with Crippen molar-refractivity contribution in [2.45, 2.75) is 38.0 Å². The second-order valence-electron chi connectivity index (χ2n) is 5.97. The molecule has 0 saturated heterocycles. The fourth-order valence-corrected chi connectivity index (χ4v) is 3.09. The van der Waals surface area contributed by atoms with Crippen LogP contribution >= 0.6 is 0 Å². The highest BCUT2D eigenvalue weighted by atomic mass is 19.4. The molecule has 0 unspecified atom stereocenters. The number of aromatic nitrogens is 2. The van der Waals surface area contributed by atoms with Crippen LogP contribution in [-0.2, 0) is 13.0 Å². The van der Waals surface area contributed by atoms with Crippen LogP contribution in [0.15, 0.2) is 36.4 Å². The third kappa shape index (κ3) is 3.16. The van der Waals surface area contributed by atoms with Gasteiger partial charge in [0, 0.05) is 19.3 Å². The Morgan fingerprint density at radius 1 is 1.25 bits per heavy atom. The molecular weight excluding hydrogens is 319 g/mol. The molecule has 4 nitrogen and oxygen atoms in total. The van der Waals surface area contributed by atoms with Gasteiger partial charge >= 0.3 is 6.18 Å². The third-order valence-electron chi connectivity index (χ3n) is 4.27. The van der Waals surface area contributed by atoms with E-state index in [1.54, 1.807) is 16.8 Å². The van der Waals surface area contributed by atoms with Crippen molar-refractivity contribution in [2.75, 3.05) is 7.05 Å². The lowest BCUT2D eigenvalue weighted by Crippen LogP contribution is -2.40. The molecule has 0 radical (unpaired) electrons. The minimum absolute atomic E-state index is 0.0322. The van der Waals surface area contributed by atoms with Gasteiger partial charge in [-0.25, -0.2) is 0 Å². The van der Waals surface area contributed by atoms with Gasteiger partial charge in [0.1, 0.15) is 0 Å². The number of amides is 1. The summed E-state index contributed by atoms with van der Waals surface area (Å²) in [5.41, 5.74) is 1.01. The zero-order chi connectivity index (χ0) is 17.3. The Labute approximate surface area is 137 Å². The molecule has 24 heavy (non-hydrogen) atoms. The molecular formula is C17H18F3N3O. The highest BCUT2D eigenvalue weighted by Crippen LogP contribution is 2.37. The molecule has 0 aliphatic carbocycles. The van der Waals surface area contributed by atoms with Gasteiger partial charge in [0.15, 0.2) is 11.7 Å². The maximum atomic E-state index is 13.5. The first-order valence-electron chi connectivity index (χ1n) is 7.83. The highest BCUT2D eigenvalue weighted by molar-refractivity contribution is 5.92. The number of carbonyl (C=O) groups excluding carboxylic acids is 1. The van der Waals surface area contributed by atoms with Crippen LogP contribution in [0.2, 0.25) is 0 Å². The molecule has 1 aliphatic rings. The van der Waals surface area contributed by atoms with E-state index in [2.05, 4.69) is 5.10 Å². The van der Waals surface area contributed by atoms with Crippen LogP contribution < -0.4 is 0 Å². The lowest BCUT2D eigenvalue weighted by molar-refractivity contribution is -0.176. The maximum absolute atomic E-state index is 13.5. The van der Waals surface area contributed by atoms with Crippen LogP contribution in [0, 0.1) is 0 Å². The summed E-state index contributed by atoms with van der Waals surface area (Å²) in [6, 6.07) is 7.06. The molecule has 3 rings (SSSR count). The van der Waals surface area contributed by atoms with Crippen LogP contribution in [0.4, 0.5) is 13.2 Å². The molecule has 2 aromatic rings. The molecule has 0 N–H and O–H groups in total. The SMILES string of the molecule is CN(C(=O)c1cc2n(n1)CCCC2)[C@H](c1ccccc1)C(F)(F)F. The molecule has 0 bridgehead atoms. The van der Waals surface area contributed by atoms with Gasteiger partial charge < -0.3 is 4.90 Å².